The number of nitrogens with zero attached hydrogens (tertiary/aromatic N) is 2. The fourth-order valence-corrected chi connectivity index (χ4v) is 0.451. The number of rotatable bonds is 0. The van der Waals surface area contributed by atoms with Gasteiger partial charge in [-0.05, 0) is 0 Å². The highest BCUT2D eigenvalue weighted by atomic mass is 17.2. The van der Waals surface area contributed by atoms with E-state index in [2.05, 4.69) is 9.78 Å². The van der Waals surface area contributed by atoms with Crippen LogP contribution in [0.5, 0.6) is 5.75 Å². The van der Waals surface area contributed by atoms with Crippen LogP contribution in [0.4, 0.5) is 4.79 Å². The highest BCUT2D eigenvalue weighted by molar-refractivity contribution is 6.30. The minimum absolute atomic E-state index is 0.426. The molecule has 0 aliphatic carbocycles. The second-order valence-corrected chi connectivity index (χ2v) is 3.18. The van der Waals surface area contributed by atoms with Crippen LogP contribution in [0, 0.1) is 15.0 Å². The van der Waals surface area contributed by atoms with Gasteiger partial charge in [-0.15, -0.1) is 15.0 Å². The van der Waals surface area contributed by atoms with Gasteiger partial charge in [-0.1, -0.05) is 0 Å². The molecule has 0 aliphatic heterocycles. The molecule has 7 N–H and O–H groups in total. The van der Waals surface area contributed by atoms with Crippen molar-refractivity contribution in [2.75, 3.05) is 0 Å². The predicted molar refractivity (Wildman–Crippen MR) is 77.5 cm³/mol. The van der Waals surface area contributed by atoms with Crippen molar-refractivity contribution in [3.63, 3.8) is 0 Å². The van der Waals surface area contributed by atoms with E-state index >= 15 is 0 Å². The third kappa shape index (κ3) is 27.5. The highest BCUT2D eigenvalue weighted by Crippen LogP contribution is 1.90. The van der Waals surface area contributed by atoms with E-state index in [1.54, 1.807) is 0 Å². The number of carboxylic acid groups (broad SMARTS) is 4. The minimum Gasteiger partial charge on any atom is -0.504 e. The van der Waals surface area contributed by atoms with Gasteiger partial charge in [0.15, 0.2) is 11.1 Å². The van der Waals surface area contributed by atoms with Gasteiger partial charge in [0.1, 0.15) is 0 Å². The van der Waals surface area contributed by atoms with Crippen molar-refractivity contribution in [2.24, 2.45) is 5.34 Å². The molecule has 0 atom stereocenters. The lowest BCUT2D eigenvalue weighted by molar-refractivity contribution is -0.742. The summed E-state index contributed by atoms with van der Waals surface area (Å²) in [7, 11) is 0. The van der Waals surface area contributed by atoms with Crippen molar-refractivity contribution >= 4 is 30.0 Å². The van der Waals surface area contributed by atoms with Crippen LogP contribution < -0.4 is 10.9 Å². The Kier molecular flexibility index (Phi) is 19.8. The fraction of sp³-hybridized carbons (Fsp3) is 0. The Morgan fingerprint density at radius 1 is 0.933 bits per heavy atom. The van der Waals surface area contributed by atoms with Crippen LogP contribution in [0.15, 0.2) is 21.0 Å². The van der Waals surface area contributed by atoms with E-state index in [1.807, 2.05) is 0 Å². The smallest absolute Gasteiger partial charge is 0.503 e. The van der Waals surface area contributed by atoms with Crippen molar-refractivity contribution < 1.29 is 74.8 Å². The van der Waals surface area contributed by atoms with Crippen LogP contribution in [-0.4, -0.2) is 71.1 Å². The molecule has 21 nitrogen and oxygen atoms in total. The molecule has 168 valence electrons. The number of carbonyl (C=O) groups excluding carboxylic acids is 2. The number of hydrogen-bond donors (Lipinski definition) is 7. The van der Waals surface area contributed by atoms with E-state index in [0.717, 1.165) is 6.07 Å². The van der Waals surface area contributed by atoms with Gasteiger partial charge in [0, 0.05) is 6.07 Å². The summed E-state index contributed by atoms with van der Waals surface area (Å²) in [6, 6.07) is 0.891. The zero-order valence-corrected chi connectivity index (χ0v) is 13.5. The first-order chi connectivity index (χ1) is 13.5. The van der Waals surface area contributed by atoms with Gasteiger partial charge in [0.05, 0.1) is 0 Å². The van der Waals surface area contributed by atoms with Crippen molar-refractivity contribution in [3.8, 4) is 5.75 Å². The monoisotopic (exact) mass is 448 g/mol. The van der Waals surface area contributed by atoms with E-state index in [9.17, 15) is 28.8 Å². The average Bonchev–Trinajstić information content (AvgIpc) is 2.59. The molecule has 1 aromatic carbocycles. The normalized spacial score (nSPS) is 7.60. The first kappa shape index (κ1) is 32.3. The van der Waals surface area contributed by atoms with E-state index in [1.165, 1.54) is 5.34 Å². The Labute approximate surface area is 158 Å². The second kappa shape index (κ2) is 18.4. The first-order valence-corrected chi connectivity index (χ1v) is 5.65. The second-order valence-electron chi connectivity index (χ2n) is 3.18. The van der Waals surface area contributed by atoms with E-state index < -0.39 is 51.7 Å². The van der Waals surface area contributed by atoms with Gasteiger partial charge >= 0.3 is 30.0 Å². The molecule has 0 aromatic heterocycles. The standard InChI is InChI=1S/C4H2O8.C4H2O3.CH2O3.HNO3.HNO2/c5-1(6)3(9)11-12-4(10)2(7)8;5-2-1-3(6)4(2)7;2*2-1(3)4;2-1-3/h(H,5,6)(H,7,8);1,5H;(H2,2,3,4);(H,2,3,4);(H,2,3). The summed E-state index contributed by atoms with van der Waals surface area (Å²) in [5.41, 5.74) is -1.39. The lowest BCUT2D eigenvalue weighted by atomic mass is 10.3. The van der Waals surface area contributed by atoms with E-state index in [-0.39, 0.29) is 0 Å². The molecule has 0 unspecified atom stereocenters. The van der Waals surface area contributed by atoms with Gasteiger partial charge in [0.2, 0.25) is 5.43 Å². The van der Waals surface area contributed by atoms with Crippen LogP contribution in [0.3, 0.4) is 0 Å². The summed E-state index contributed by atoms with van der Waals surface area (Å²) in [6.07, 6.45) is -1.83. The van der Waals surface area contributed by atoms with E-state index in [4.69, 9.17) is 55.8 Å². The number of aliphatic carboxylic acids is 2. The van der Waals surface area contributed by atoms with Crippen LogP contribution in [0.1, 0.15) is 0 Å². The fourth-order valence-electron chi connectivity index (χ4n) is 0.451. The molecule has 0 saturated carbocycles. The van der Waals surface area contributed by atoms with Gasteiger partial charge in [-0.2, -0.15) is 0 Å². The van der Waals surface area contributed by atoms with Gasteiger partial charge in [-0.3, -0.25) is 9.59 Å². The summed E-state index contributed by atoms with van der Waals surface area (Å²) in [4.78, 5) is 90.6. The lowest BCUT2D eigenvalue weighted by Crippen LogP contribution is -2.27. The number of aromatic hydroxyl groups is 1. The Morgan fingerprint density at radius 2 is 1.17 bits per heavy atom. The topological polar surface area (TPSA) is 352 Å². The lowest BCUT2D eigenvalue weighted by Gasteiger charge is -1.95. The molecule has 0 heterocycles. The highest BCUT2D eigenvalue weighted by Gasteiger charge is 2.21. The molecule has 1 aromatic rings. The van der Waals surface area contributed by atoms with Crippen molar-refractivity contribution in [1.82, 2.24) is 0 Å². The maximum atomic E-state index is 9.98. The number of carboxylic acids is 2. The molecule has 21 heteroatoms. The molecule has 0 aliphatic rings. The summed E-state index contributed by atoms with van der Waals surface area (Å²) in [5.74, 6) is -8.21. The SMILES string of the molecule is O=C(O)C(=O)OOC(=O)C(=O)O.O=C(O)O.O=NO.O=[N+]([O-])O.O=c1cc(O)c1=O. The molecule has 0 radical (unpaired) electrons. The Bertz CT molecular complexity index is 770. The summed E-state index contributed by atoms with van der Waals surface area (Å²) < 4.78 is 0. The van der Waals surface area contributed by atoms with Crippen LogP contribution in [0.2, 0.25) is 0 Å². The maximum Gasteiger partial charge on any atom is 0.503 e. The van der Waals surface area contributed by atoms with Gasteiger partial charge < -0.3 is 35.9 Å². The van der Waals surface area contributed by atoms with Crippen molar-refractivity contribution in [3.05, 3.63) is 41.5 Å². The van der Waals surface area contributed by atoms with Crippen molar-refractivity contribution in [2.45, 2.75) is 0 Å². The molecular formula is C9H8N2O19. The van der Waals surface area contributed by atoms with Crippen LogP contribution >= 0.6 is 0 Å². The number of carbonyl (C=O) groups is 5. The van der Waals surface area contributed by atoms with Gasteiger partial charge in [0.25, 0.3) is 10.5 Å². The van der Waals surface area contributed by atoms with E-state index in [0.29, 0.717) is 0 Å². The predicted octanol–water partition coefficient (Wildman–Crippen LogP) is -2.84. The quantitative estimate of drug-likeness (QED) is 0.0690. The first-order valence-electron chi connectivity index (χ1n) is 5.65. The van der Waals surface area contributed by atoms with Crippen LogP contribution in [-0.2, 0) is 29.0 Å². The molecule has 0 amide bonds. The Morgan fingerprint density at radius 3 is 1.23 bits per heavy atom. The molecule has 0 fully saturated rings. The third-order valence-corrected chi connectivity index (χ3v) is 1.27. The Hall–Kier alpha value is -5.37. The maximum absolute atomic E-state index is 9.98. The molecule has 0 spiro atoms. The zero-order chi connectivity index (χ0) is 25.0. The Balaban J connectivity index is -0.000000159. The minimum atomic E-state index is -2.01. The molecule has 0 bridgehead atoms. The molecule has 1 rings (SSSR count). The van der Waals surface area contributed by atoms with Gasteiger partial charge in [-0.25, -0.2) is 33.7 Å². The summed E-state index contributed by atoms with van der Waals surface area (Å²) >= 11 is 0. The molecule has 0 saturated heterocycles. The zero-order valence-electron chi connectivity index (χ0n) is 13.5. The molecular weight excluding hydrogens is 440 g/mol. The largest absolute Gasteiger partial charge is 0.504 e. The van der Waals surface area contributed by atoms with Crippen molar-refractivity contribution in [1.29, 1.82) is 0 Å². The van der Waals surface area contributed by atoms with Crippen LogP contribution in [0.25, 0.3) is 0 Å². The molecule has 30 heavy (non-hydrogen) atoms. The average molecular weight is 448 g/mol. The third-order valence-electron chi connectivity index (χ3n) is 1.27. The summed E-state index contributed by atoms with van der Waals surface area (Å²) in [5, 5.41) is 59.3. The number of hydrogen-bond acceptors (Lipinski definition) is 14. The summed E-state index contributed by atoms with van der Waals surface area (Å²) in [6.45, 7) is 0.